The molecule has 0 saturated heterocycles. The Bertz CT molecular complexity index is 686. The summed E-state index contributed by atoms with van der Waals surface area (Å²) in [6.07, 6.45) is 0. The van der Waals surface area contributed by atoms with Crippen LogP contribution >= 0.6 is 0 Å². The van der Waals surface area contributed by atoms with E-state index in [-0.39, 0.29) is 5.91 Å². The van der Waals surface area contributed by atoms with Crippen molar-refractivity contribution in [2.24, 2.45) is 0 Å². The number of para-hydroxylation sites is 1. The maximum atomic E-state index is 12.4. The molecule has 4 nitrogen and oxygen atoms in total. The highest BCUT2D eigenvalue weighted by Crippen LogP contribution is 2.25. The van der Waals surface area contributed by atoms with E-state index < -0.39 is 0 Å². The van der Waals surface area contributed by atoms with Gasteiger partial charge in [0.05, 0.1) is 6.54 Å². The quantitative estimate of drug-likeness (QED) is 0.939. The van der Waals surface area contributed by atoms with Crippen LogP contribution in [0.3, 0.4) is 0 Å². The van der Waals surface area contributed by atoms with Gasteiger partial charge in [-0.3, -0.25) is 9.69 Å². The summed E-state index contributed by atoms with van der Waals surface area (Å²) in [5.74, 6) is 0.0766. The number of rotatable bonds is 4. The van der Waals surface area contributed by atoms with E-state index in [1.807, 2.05) is 30.3 Å². The summed E-state index contributed by atoms with van der Waals surface area (Å²) in [6, 6.07) is 18.8. The van der Waals surface area contributed by atoms with Gasteiger partial charge in [0.15, 0.2) is 0 Å². The molecular weight excluding hydrogens is 298 g/mol. The van der Waals surface area contributed by atoms with Gasteiger partial charge >= 0.3 is 0 Å². The molecule has 126 valence electrons. The van der Waals surface area contributed by atoms with E-state index in [1.165, 1.54) is 11.3 Å². The zero-order valence-corrected chi connectivity index (χ0v) is 14.4. The minimum Gasteiger partial charge on any atom is -0.373 e. The average molecular weight is 323 g/mol. The number of hydrogen-bond donors (Lipinski definition) is 1. The van der Waals surface area contributed by atoms with Crippen LogP contribution in [0.15, 0.2) is 54.6 Å². The van der Waals surface area contributed by atoms with Crippen molar-refractivity contribution in [2.75, 3.05) is 25.0 Å². The van der Waals surface area contributed by atoms with Crippen molar-refractivity contribution in [1.82, 2.24) is 10.2 Å². The van der Waals surface area contributed by atoms with E-state index >= 15 is 0 Å². The van der Waals surface area contributed by atoms with Gasteiger partial charge in [-0.1, -0.05) is 48.5 Å². The van der Waals surface area contributed by atoms with E-state index in [9.17, 15) is 4.79 Å². The molecule has 3 rings (SSSR count). The summed E-state index contributed by atoms with van der Waals surface area (Å²) in [4.78, 5) is 16.9. The van der Waals surface area contributed by atoms with Crippen molar-refractivity contribution in [1.29, 1.82) is 0 Å². The topological polar surface area (TPSA) is 35.6 Å². The van der Waals surface area contributed by atoms with Crippen LogP contribution in [0.25, 0.3) is 0 Å². The molecule has 0 saturated carbocycles. The molecule has 1 atom stereocenters. The molecule has 0 bridgehead atoms. The lowest BCUT2D eigenvalue weighted by Gasteiger charge is -2.27. The van der Waals surface area contributed by atoms with Crippen LogP contribution in [-0.4, -0.2) is 37.0 Å². The lowest BCUT2D eigenvalue weighted by Crippen LogP contribution is -2.43. The van der Waals surface area contributed by atoms with Gasteiger partial charge in [0.2, 0.25) is 5.91 Å². The molecule has 1 aliphatic rings. The molecule has 0 fully saturated rings. The number of amides is 1. The van der Waals surface area contributed by atoms with Gasteiger partial charge in [0.1, 0.15) is 0 Å². The first-order valence-corrected chi connectivity index (χ1v) is 8.47. The van der Waals surface area contributed by atoms with E-state index in [0.29, 0.717) is 19.1 Å². The van der Waals surface area contributed by atoms with Gasteiger partial charge in [-0.15, -0.1) is 0 Å². The Labute approximate surface area is 144 Å². The van der Waals surface area contributed by atoms with E-state index in [2.05, 4.69) is 53.4 Å². The Hall–Kier alpha value is -2.33. The van der Waals surface area contributed by atoms with Gasteiger partial charge in [-0.25, -0.2) is 0 Å². The summed E-state index contributed by atoms with van der Waals surface area (Å²) < 4.78 is 0. The average Bonchev–Trinajstić information content (AvgIpc) is 2.71. The number of hydrogen-bond acceptors (Lipinski definition) is 3. The molecule has 1 amide bonds. The molecule has 0 radical (unpaired) electrons. The summed E-state index contributed by atoms with van der Waals surface area (Å²) in [7, 11) is 2.12. The Balaban J connectivity index is 1.62. The Morgan fingerprint density at radius 1 is 1.12 bits per heavy atom. The van der Waals surface area contributed by atoms with Gasteiger partial charge in [-0.05, 0) is 24.1 Å². The molecule has 1 heterocycles. The van der Waals surface area contributed by atoms with Crippen LogP contribution in [-0.2, 0) is 17.9 Å². The summed E-state index contributed by atoms with van der Waals surface area (Å²) in [5, 5.41) is 3.03. The van der Waals surface area contributed by atoms with Crippen molar-refractivity contribution in [3.05, 3.63) is 65.7 Å². The molecule has 2 aromatic rings. The van der Waals surface area contributed by atoms with Crippen LogP contribution in [0, 0.1) is 0 Å². The Morgan fingerprint density at radius 3 is 2.62 bits per heavy atom. The molecular formula is C20H25N3O. The maximum absolute atomic E-state index is 12.4. The summed E-state index contributed by atoms with van der Waals surface area (Å²) in [5.41, 5.74) is 3.66. The monoisotopic (exact) mass is 323 g/mol. The third kappa shape index (κ3) is 3.95. The highest BCUT2D eigenvalue weighted by atomic mass is 16.2. The fourth-order valence-electron chi connectivity index (χ4n) is 3.25. The number of anilines is 1. The SMILES string of the molecule is CC1CN(C)c2ccccc2CN1CC(=O)NCc1ccccc1. The molecule has 1 N–H and O–H groups in total. The Kier molecular flexibility index (Phi) is 5.16. The lowest BCUT2D eigenvalue weighted by molar-refractivity contribution is -0.123. The molecule has 1 unspecified atom stereocenters. The number of carbonyl (C=O) groups is 1. The lowest BCUT2D eigenvalue weighted by atomic mass is 10.1. The molecule has 0 spiro atoms. The van der Waals surface area contributed by atoms with Crippen molar-refractivity contribution < 1.29 is 4.79 Å². The summed E-state index contributed by atoms with van der Waals surface area (Å²) >= 11 is 0. The second kappa shape index (κ2) is 7.49. The van der Waals surface area contributed by atoms with Gasteiger partial charge < -0.3 is 10.2 Å². The summed E-state index contributed by atoms with van der Waals surface area (Å²) in [6.45, 7) is 4.92. The standard InChI is InChI=1S/C20H25N3O/c1-16-13-22(2)19-11-7-6-10-18(19)14-23(16)15-20(24)21-12-17-8-4-3-5-9-17/h3-11,16H,12-15H2,1-2H3,(H,21,24). The second-order valence-electron chi connectivity index (χ2n) is 6.53. The number of likely N-dealkylation sites (N-methyl/N-ethyl adjacent to an activating group) is 1. The highest BCUT2D eigenvalue weighted by molar-refractivity contribution is 5.78. The highest BCUT2D eigenvalue weighted by Gasteiger charge is 2.24. The molecule has 0 aliphatic carbocycles. The first kappa shape index (κ1) is 16.5. The third-order valence-corrected chi connectivity index (χ3v) is 4.62. The molecule has 2 aromatic carbocycles. The second-order valence-corrected chi connectivity index (χ2v) is 6.53. The third-order valence-electron chi connectivity index (χ3n) is 4.62. The molecule has 1 aliphatic heterocycles. The van der Waals surface area contributed by atoms with Gasteiger partial charge in [0.25, 0.3) is 0 Å². The molecule has 4 heteroatoms. The van der Waals surface area contributed by atoms with E-state index in [1.54, 1.807) is 0 Å². The minimum atomic E-state index is 0.0766. The number of nitrogens with zero attached hydrogens (tertiary/aromatic N) is 2. The van der Waals surface area contributed by atoms with Crippen LogP contribution in [0.1, 0.15) is 18.1 Å². The van der Waals surface area contributed by atoms with E-state index in [4.69, 9.17) is 0 Å². The smallest absolute Gasteiger partial charge is 0.234 e. The van der Waals surface area contributed by atoms with Crippen LogP contribution in [0.2, 0.25) is 0 Å². The number of fused-ring (bicyclic) bond motifs is 1. The van der Waals surface area contributed by atoms with Crippen LogP contribution in [0.5, 0.6) is 0 Å². The van der Waals surface area contributed by atoms with E-state index in [0.717, 1.165) is 18.7 Å². The first-order chi connectivity index (χ1) is 11.6. The predicted molar refractivity (Wildman–Crippen MR) is 97.9 cm³/mol. The fourth-order valence-corrected chi connectivity index (χ4v) is 3.25. The zero-order valence-electron chi connectivity index (χ0n) is 14.4. The van der Waals surface area contributed by atoms with Crippen molar-refractivity contribution in [3.8, 4) is 0 Å². The number of carbonyl (C=O) groups excluding carboxylic acids is 1. The maximum Gasteiger partial charge on any atom is 0.234 e. The minimum absolute atomic E-state index is 0.0766. The Morgan fingerprint density at radius 2 is 1.83 bits per heavy atom. The van der Waals surface area contributed by atoms with Crippen molar-refractivity contribution in [2.45, 2.75) is 26.1 Å². The molecule has 24 heavy (non-hydrogen) atoms. The normalized spacial score (nSPS) is 17.9. The largest absolute Gasteiger partial charge is 0.373 e. The van der Waals surface area contributed by atoms with Gasteiger partial charge in [-0.2, -0.15) is 0 Å². The van der Waals surface area contributed by atoms with Crippen LogP contribution in [0.4, 0.5) is 5.69 Å². The zero-order chi connectivity index (χ0) is 16.9. The number of benzene rings is 2. The first-order valence-electron chi connectivity index (χ1n) is 8.47. The molecule has 0 aromatic heterocycles. The predicted octanol–water partition coefficient (Wildman–Crippen LogP) is 2.64. The van der Waals surface area contributed by atoms with Crippen molar-refractivity contribution >= 4 is 11.6 Å². The fraction of sp³-hybridized carbons (Fsp3) is 0.350. The van der Waals surface area contributed by atoms with Gasteiger partial charge in [0, 0.05) is 38.4 Å². The number of nitrogens with one attached hydrogen (secondary N) is 1. The van der Waals surface area contributed by atoms with Crippen LogP contribution < -0.4 is 10.2 Å². The van der Waals surface area contributed by atoms with Crippen molar-refractivity contribution in [3.63, 3.8) is 0 Å².